The van der Waals surface area contributed by atoms with E-state index in [2.05, 4.69) is 132 Å². The number of ether oxygens (including phenoxy) is 1. The average molecular weight is 507 g/mol. The molecule has 3 nitrogen and oxygen atoms in total. The van der Waals surface area contributed by atoms with Crippen LogP contribution in [0.5, 0.6) is 0 Å². The predicted molar refractivity (Wildman–Crippen MR) is 163 cm³/mol. The summed E-state index contributed by atoms with van der Waals surface area (Å²) in [6, 6.07) is 40.3. The van der Waals surface area contributed by atoms with Gasteiger partial charge in [0, 0.05) is 50.2 Å². The van der Waals surface area contributed by atoms with E-state index in [0.717, 1.165) is 19.8 Å². The van der Waals surface area contributed by atoms with Crippen LogP contribution in [0.15, 0.2) is 109 Å². The molecule has 0 bridgehead atoms. The number of aromatic nitrogens is 2. The van der Waals surface area contributed by atoms with E-state index in [1.165, 1.54) is 66.0 Å². The van der Waals surface area contributed by atoms with Gasteiger partial charge in [0.2, 0.25) is 0 Å². The van der Waals surface area contributed by atoms with Gasteiger partial charge >= 0.3 is 0 Å². The number of nitrogens with zero attached hydrogens (tertiary/aromatic N) is 2. The number of para-hydroxylation sites is 2. The summed E-state index contributed by atoms with van der Waals surface area (Å²) in [5, 5.41) is 5.19. The van der Waals surface area contributed by atoms with Crippen LogP contribution in [0.1, 0.15) is 12.5 Å². The van der Waals surface area contributed by atoms with Crippen molar-refractivity contribution in [3.63, 3.8) is 0 Å². The summed E-state index contributed by atoms with van der Waals surface area (Å²) in [6.07, 6.45) is 0. The third-order valence-corrected chi connectivity index (χ3v) is 8.51. The molecule has 39 heavy (non-hydrogen) atoms. The monoisotopic (exact) mass is 506 g/mol. The van der Waals surface area contributed by atoms with Crippen LogP contribution in [0.4, 0.5) is 0 Å². The maximum atomic E-state index is 5.57. The second-order valence-corrected chi connectivity index (χ2v) is 11.6. The molecule has 3 heteroatoms. The van der Waals surface area contributed by atoms with Gasteiger partial charge in [-0.2, -0.15) is 0 Å². The van der Waals surface area contributed by atoms with Crippen LogP contribution in [0.3, 0.4) is 0 Å². The van der Waals surface area contributed by atoms with Crippen molar-refractivity contribution < 1.29 is 4.74 Å². The Hall–Kier alpha value is -4.34. The lowest BCUT2D eigenvalue weighted by molar-refractivity contribution is -0.109. The summed E-state index contributed by atoms with van der Waals surface area (Å²) in [5.41, 5.74) is 10.2. The normalized spacial score (nSPS) is 14.9. The first kappa shape index (κ1) is 22.6. The highest BCUT2D eigenvalue weighted by Gasteiger charge is 2.34. The number of hydrogen-bond donors (Lipinski definition) is 0. The van der Waals surface area contributed by atoms with E-state index in [1.54, 1.807) is 0 Å². The summed E-state index contributed by atoms with van der Waals surface area (Å²) in [5.74, 6) is 0. The third-order valence-electron chi connectivity index (χ3n) is 8.51. The number of fused-ring (bicyclic) bond motifs is 6. The van der Waals surface area contributed by atoms with E-state index >= 15 is 0 Å². The van der Waals surface area contributed by atoms with Gasteiger partial charge in [0.15, 0.2) is 0 Å². The zero-order valence-electron chi connectivity index (χ0n) is 22.3. The van der Waals surface area contributed by atoms with Crippen molar-refractivity contribution >= 4 is 43.6 Å². The number of rotatable bonds is 4. The molecule has 1 saturated heterocycles. The molecule has 1 fully saturated rings. The van der Waals surface area contributed by atoms with Gasteiger partial charge in [0.05, 0.1) is 24.2 Å². The Morgan fingerprint density at radius 1 is 0.615 bits per heavy atom. The molecular weight excluding hydrogens is 476 g/mol. The summed E-state index contributed by atoms with van der Waals surface area (Å²) in [6.45, 7) is 7.09. The van der Waals surface area contributed by atoms with Crippen molar-refractivity contribution in [1.29, 1.82) is 0 Å². The quantitative estimate of drug-likeness (QED) is 0.233. The van der Waals surface area contributed by atoms with E-state index in [9.17, 15) is 0 Å². The fraction of sp³-hybridized carbons (Fsp3) is 0.167. The lowest BCUT2D eigenvalue weighted by Crippen LogP contribution is -2.43. The van der Waals surface area contributed by atoms with Crippen molar-refractivity contribution in [3.8, 4) is 16.8 Å². The smallest absolute Gasteiger partial charge is 0.0559 e. The number of aryl methyl sites for hydroxylation is 1. The van der Waals surface area contributed by atoms with E-state index in [4.69, 9.17) is 4.74 Å². The van der Waals surface area contributed by atoms with Gasteiger partial charge in [-0.05, 0) is 66.6 Å². The Kier molecular flexibility index (Phi) is 4.83. The van der Waals surface area contributed by atoms with E-state index in [1.807, 2.05) is 0 Å². The predicted octanol–water partition coefficient (Wildman–Crippen LogP) is 8.90. The van der Waals surface area contributed by atoms with E-state index < -0.39 is 0 Å². The summed E-state index contributed by atoms with van der Waals surface area (Å²) >= 11 is 0. The molecule has 2 aromatic heterocycles. The highest BCUT2D eigenvalue weighted by molar-refractivity contribution is 6.12. The molecule has 0 spiro atoms. The van der Waals surface area contributed by atoms with Gasteiger partial charge in [-0.25, -0.2) is 0 Å². The maximum absolute atomic E-state index is 5.57. The van der Waals surface area contributed by atoms with Crippen LogP contribution >= 0.6 is 0 Å². The molecular formula is C36H30N2O. The molecule has 190 valence electrons. The Labute approximate surface area is 227 Å². The molecule has 7 aromatic rings. The summed E-state index contributed by atoms with van der Waals surface area (Å²) in [4.78, 5) is 0. The summed E-state index contributed by atoms with van der Waals surface area (Å²) < 4.78 is 10.5. The van der Waals surface area contributed by atoms with Crippen molar-refractivity contribution in [1.82, 2.24) is 9.13 Å². The second kappa shape index (κ2) is 8.33. The first-order chi connectivity index (χ1) is 19.1. The topological polar surface area (TPSA) is 19.1 Å². The van der Waals surface area contributed by atoms with Gasteiger partial charge in [-0.15, -0.1) is 0 Å². The minimum Gasteiger partial charge on any atom is -0.380 e. The molecule has 0 radical (unpaired) electrons. The molecule has 0 aliphatic carbocycles. The van der Waals surface area contributed by atoms with Crippen LogP contribution in [0.25, 0.3) is 60.4 Å². The third kappa shape index (κ3) is 3.47. The Morgan fingerprint density at radius 2 is 1.15 bits per heavy atom. The zero-order valence-corrected chi connectivity index (χ0v) is 22.3. The van der Waals surface area contributed by atoms with Crippen molar-refractivity contribution in [3.05, 3.63) is 115 Å². The fourth-order valence-corrected chi connectivity index (χ4v) is 6.45. The Balaban J connectivity index is 1.31. The van der Waals surface area contributed by atoms with Gasteiger partial charge in [-0.1, -0.05) is 73.2 Å². The first-order valence-electron chi connectivity index (χ1n) is 13.8. The van der Waals surface area contributed by atoms with Gasteiger partial charge in [0.1, 0.15) is 0 Å². The van der Waals surface area contributed by atoms with Crippen LogP contribution in [-0.2, 0) is 11.3 Å². The van der Waals surface area contributed by atoms with Gasteiger partial charge in [-0.3, -0.25) is 0 Å². The minimum absolute atomic E-state index is 0.199. The van der Waals surface area contributed by atoms with Crippen LogP contribution in [0, 0.1) is 12.3 Å². The van der Waals surface area contributed by atoms with Crippen molar-refractivity contribution in [2.45, 2.75) is 20.4 Å². The van der Waals surface area contributed by atoms with Crippen LogP contribution in [-0.4, -0.2) is 22.3 Å². The zero-order chi connectivity index (χ0) is 26.1. The maximum Gasteiger partial charge on any atom is 0.0559 e. The average Bonchev–Trinajstić information content (AvgIpc) is 3.45. The largest absolute Gasteiger partial charge is 0.380 e. The Morgan fingerprint density at radius 3 is 1.82 bits per heavy atom. The van der Waals surface area contributed by atoms with Crippen molar-refractivity contribution in [2.75, 3.05) is 13.2 Å². The first-order valence-corrected chi connectivity index (χ1v) is 13.8. The molecule has 5 aromatic carbocycles. The van der Waals surface area contributed by atoms with Crippen molar-refractivity contribution in [2.24, 2.45) is 5.41 Å². The molecule has 8 rings (SSSR count). The molecule has 1 aliphatic heterocycles. The molecule has 0 saturated carbocycles. The SMILES string of the molecule is Cc1ccc(-n2c3ccccc3c3cc(-c4ccc5c(c4)c4ccccc4n5CC4(C)COC4)ccc32)cc1. The molecule has 0 N–H and O–H groups in total. The van der Waals surface area contributed by atoms with E-state index in [-0.39, 0.29) is 5.41 Å². The van der Waals surface area contributed by atoms with Gasteiger partial charge < -0.3 is 13.9 Å². The highest BCUT2D eigenvalue weighted by Crippen LogP contribution is 2.39. The van der Waals surface area contributed by atoms with Crippen LogP contribution < -0.4 is 0 Å². The Bertz CT molecular complexity index is 2040. The second-order valence-electron chi connectivity index (χ2n) is 11.6. The van der Waals surface area contributed by atoms with Gasteiger partial charge in [0.25, 0.3) is 0 Å². The van der Waals surface area contributed by atoms with Crippen LogP contribution in [0.2, 0.25) is 0 Å². The number of benzene rings is 5. The highest BCUT2D eigenvalue weighted by atomic mass is 16.5. The molecule has 0 unspecified atom stereocenters. The molecule has 0 amide bonds. The lowest BCUT2D eigenvalue weighted by Gasteiger charge is -2.38. The van der Waals surface area contributed by atoms with E-state index in [0.29, 0.717) is 0 Å². The standard InChI is InChI=1S/C36H30N2O/c1-24-11-15-27(16-12-24)38-34-10-6-4-8-29(34)31-20-26(14-18-35(31)38)25-13-17-33-30(19-25)28-7-3-5-9-32(28)37(33)21-36(2)22-39-23-36/h3-20H,21-23H2,1-2H3. The lowest BCUT2D eigenvalue weighted by atomic mass is 9.88. The molecule has 0 atom stereocenters. The fourth-order valence-electron chi connectivity index (χ4n) is 6.45. The molecule has 3 heterocycles. The number of hydrogen-bond acceptors (Lipinski definition) is 1. The molecule has 1 aliphatic rings. The minimum atomic E-state index is 0.199. The summed E-state index contributed by atoms with van der Waals surface area (Å²) in [7, 11) is 0.